The average Bonchev–Trinajstić information content (AvgIpc) is 3.13. The van der Waals surface area contributed by atoms with Crippen molar-refractivity contribution in [1.29, 1.82) is 0 Å². The molecule has 1 atom stereocenters. The topological polar surface area (TPSA) is 125 Å². The first-order valence-electron chi connectivity index (χ1n) is 9.80. The highest BCUT2D eigenvalue weighted by Crippen LogP contribution is 2.12. The normalized spacial score (nSPS) is 11.9. The molecule has 2 aromatic rings. The maximum atomic E-state index is 12.2. The quantitative estimate of drug-likeness (QED) is 0.483. The Morgan fingerprint density at radius 1 is 1.21 bits per heavy atom. The van der Waals surface area contributed by atoms with E-state index in [-0.39, 0.29) is 30.8 Å². The number of hydrogen-bond acceptors (Lipinski definition) is 5. The zero-order chi connectivity index (χ0) is 21.2. The molecule has 1 aromatic carbocycles. The van der Waals surface area contributed by atoms with Crippen LogP contribution in [0.1, 0.15) is 44.0 Å². The summed E-state index contributed by atoms with van der Waals surface area (Å²) in [5.74, 6) is -0.102. The molecule has 1 aromatic heterocycles. The van der Waals surface area contributed by atoms with E-state index in [2.05, 4.69) is 26.1 Å². The SMILES string of the molecule is CCOC(=O)NC(CNC(=O)CCNC(=O)c1ccc2cn[nH]c2c1)CC(C)C. The van der Waals surface area contributed by atoms with Crippen LogP contribution in [0.2, 0.25) is 0 Å². The van der Waals surface area contributed by atoms with E-state index in [1.165, 1.54) is 0 Å². The summed E-state index contributed by atoms with van der Waals surface area (Å²) < 4.78 is 4.90. The van der Waals surface area contributed by atoms with E-state index in [4.69, 9.17) is 4.74 Å². The molecule has 2 rings (SSSR count). The van der Waals surface area contributed by atoms with Crippen molar-refractivity contribution in [3.8, 4) is 0 Å². The average molecular weight is 403 g/mol. The molecule has 9 heteroatoms. The van der Waals surface area contributed by atoms with E-state index >= 15 is 0 Å². The molecule has 0 aliphatic rings. The Morgan fingerprint density at radius 2 is 2.00 bits per heavy atom. The van der Waals surface area contributed by atoms with Gasteiger partial charge in [-0.2, -0.15) is 5.10 Å². The van der Waals surface area contributed by atoms with Gasteiger partial charge in [-0.1, -0.05) is 19.9 Å². The van der Waals surface area contributed by atoms with Gasteiger partial charge in [0.05, 0.1) is 18.3 Å². The second kappa shape index (κ2) is 11.0. The third kappa shape index (κ3) is 7.44. The van der Waals surface area contributed by atoms with Gasteiger partial charge in [-0.3, -0.25) is 14.7 Å². The maximum absolute atomic E-state index is 12.2. The van der Waals surface area contributed by atoms with Gasteiger partial charge in [-0.25, -0.2) is 4.79 Å². The molecule has 1 unspecified atom stereocenters. The number of nitrogens with one attached hydrogen (secondary N) is 4. The van der Waals surface area contributed by atoms with Crippen molar-refractivity contribution in [2.75, 3.05) is 19.7 Å². The van der Waals surface area contributed by atoms with Crippen LogP contribution in [0, 0.1) is 5.92 Å². The lowest BCUT2D eigenvalue weighted by molar-refractivity contribution is -0.121. The van der Waals surface area contributed by atoms with Gasteiger partial charge < -0.3 is 20.7 Å². The summed E-state index contributed by atoms with van der Waals surface area (Å²) in [6.45, 7) is 6.63. The fourth-order valence-electron chi connectivity index (χ4n) is 2.90. The summed E-state index contributed by atoms with van der Waals surface area (Å²) in [6, 6.07) is 5.03. The standard InChI is InChI=1S/C20H29N5O4/c1-4-29-20(28)24-16(9-13(2)3)12-22-18(26)7-8-21-19(27)14-5-6-15-11-23-25-17(15)10-14/h5-6,10-11,13,16H,4,7-9,12H2,1-3H3,(H,21,27)(H,22,26)(H,23,25)(H,24,28). The van der Waals surface area contributed by atoms with Gasteiger partial charge in [0.15, 0.2) is 0 Å². The highest BCUT2D eigenvalue weighted by atomic mass is 16.5. The highest BCUT2D eigenvalue weighted by molar-refractivity contribution is 5.97. The molecular weight excluding hydrogens is 374 g/mol. The Labute approximate surface area is 170 Å². The Bertz CT molecular complexity index is 833. The predicted molar refractivity (Wildman–Crippen MR) is 109 cm³/mol. The minimum absolute atomic E-state index is 0.145. The van der Waals surface area contributed by atoms with Crippen molar-refractivity contribution in [3.63, 3.8) is 0 Å². The fourth-order valence-corrected chi connectivity index (χ4v) is 2.90. The lowest BCUT2D eigenvalue weighted by atomic mass is 10.0. The summed E-state index contributed by atoms with van der Waals surface area (Å²) >= 11 is 0. The van der Waals surface area contributed by atoms with Gasteiger partial charge >= 0.3 is 6.09 Å². The van der Waals surface area contributed by atoms with Gasteiger partial charge in [0.25, 0.3) is 5.91 Å². The molecule has 9 nitrogen and oxygen atoms in total. The molecular formula is C20H29N5O4. The number of H-pyrrole nitrogens is 1. The predicted octanol–water partition coefficient (Wildman–Crippen LogP) is 1.96. The molecule has 3 amide bonds. The third-order valence-corrected chi connectivity index (χ3v) is 4.24. The second-order valence-electron chi connectivity index (χ2n) is 7.17. The molecule has 4 N–H and O–H groups in total. The second-order valence-corrected chi connectivity index (χ2v) is 7.17. The van der Waals surface area contributed by atoms with Crippen LogP contribution in [0.4, 0.5) is 4.79 Å². The molecule has 158 valence electrons. The van der Waals surface area contributed by atoms with Gasteiger partial charge in [-0.05, 0) is 31.4 Å². The molecule has 0 aliphatic heterocycles. The molecule has 0 bridgehead atoms. The number of aromatic amines is 1. The van der Waals surface area contributed by atoms with E-state index in [1.54, 1.807) is 25.3 Å². The maximum Gasteiger partial charge on any atom is 0.407 e. The number of carbonyl (C=O) groups is 3. The first-order chi connectivity index (χ1) is 13.9. The van der Waals surface area contributed by atoms with Gasteiger partial charge in [0.2, 0.25) is 5.91 Å². The zero-order valence-corrected chi connectivity index (χ0v) is 17.1. The van der Waals surface area contributed by atoms with Crippen LogP contribution >= 0.6 is 0 Å². The molecule has 0 spiro atoms. The van der Waals surface area contributed by atoms with Crippen molar-refractivity contribution in [3.05, 3.63) is 30.0 Å². The van der Waals surface area contributed by atoms with Crippen LogP contribution in [0.15, 0.2) is 24.4 Å². The van der Waals surface area contributed by atoms with Crippen LogP contribution in [-0.4, -0.2) is 53.8 Å². The number of hydrogen-bond donors (Lipinski definition) is 4. The summed E-state index contributed by atoms with van der Waals surface area (Å²) in [5, 5.41) is 16.0. The van der Waals surface area contributed by atoms with Crippen molar-refractivity contribution in [2.24, 2.45) is 5.92 Å². The van der Waals surface area contributed by atoms with Crippen LogP contribution in [0.5, 0.6) is 0 Å². The zero-order valence-electron chi connectivity index (χ0n) is 17.1. The van der Waals surface area contributed by atoms with E-state index in [1.807, 2.05) is 19.9 Å². The van der Waals surface area contributed by atoms with Gasteiger partial charge in [0.1, 0.15) is 0 Å². The van der Waals surface area contributed by atoms with Gasteiger partial charge in [-0.15, -0.1) is 0 Å². The lowest BCUT2D eigenvalue weighted by Crippen LogP contribution is -2.45. The Morgan fingerprint density at radius 3 is 2.72 bits per heavy atom. The smallest absolute Gasteiger partial charge is 0.407 e. The molecule has 0 aliphatic carbocycles. The first kappa shape index (κ1) is 22.2. The molecule has 1 heterocycles. The molecule has 0 saturated carbocycles. The van der Waals surface area contributed by atoms with Crippen molar-refractivity contribution < 1.29 is 19.1 Å². The summed E-state index contributed by atoms with van der Waals surface area (Å²) in [7, 11) is 0. The van der Waals surface area contributed by atoms with Crippen molar-refractivity contribution in [1.82, 2.24) is 26.1 Å². The Balaban J connectivity index is 1.74. The van der Waals surface area contributed by atoms with E-state index in [0.29, 0.717) is 31.1 Å². The van der Waals surface area contributed by atoms with Crippen LogP contribution in [0.25, 0.3) is 10.9 Å². The number of carbonyl (C=O) groups excluding carboxylic acids is 3. The summed E-state index contributed by atoms with van der Waals surface area (Å²) in [4.78, 5) is 35.9. The van der Waals surface area contributed by atoms with E-state index in [9.17, 15) is 14.4 Å². The minimum Gasteiger partial charge on any atom is -0.450 e. The molecule has 29 heavy (non-hydrogen) atoms. The number of rotatable bonds is 10. The highest BCUT2D eigenvalue weighted by Gasteiger charge is 2.16. The number of nitrogens with zero attached hydrogens (tertiary/aromatic N) is 1. The van der Waals surface area contributed by atoms with Crippen molar-refractivity contribution >= 4 is 28.8 Å². The van der Waals surface area contributed by atoms with Crippen LogP contribution < -0.4 is 16.0 Å². The summed E-state index contributed by atoms with van der Waals surface area (Å²) in [5.41, 5.74) is 1.28. The van der Waals surface area contributed by atoms with E-state index < -0.39 is 6.09 Å². The molecule has 0 fully saturated rings. The Kier molecular flexibility index (Phi) is 8.45. The first-order valence-corrected chi connectivity index (χ1v) is 9.80. The molecule has 0 saturated heterocycles. The number of amides is 3. The number of ether oxygens (including phenoxy) is 1. The minimum atomic E-state index is -0.492. The van der Waals surface area contributed by atoms with Crippen LogP contribution in [0.3, 0.4) is 0 Å². The third-order valence-electron chi connectivity index (χ3n) is 4.24. The molecule has 0 radical (unpaired) electrons. The van der Waals surface area contributed by atoms with Crippen LogP contribution in [-0.2, 0) is 9.53 Å². The summed E-state index contributed by atoms with van der Waals surface area (Å²) in [6.07, 6.45) is 2.05. The largest absolute Gasteiger partial charge is 0.450 e. The van der Waals surface area contributed by atoms with Gasteiger partial charge in [0, 0.05) is 36.5 Å². The van der Waals surface area contributed by atoms with Crippen molar-refractivity contribution in [2.45, 2.75) is 39.7 Å². The number of benzene rings is 1. The lowest BCUT2D eigenvalue weighted by Gasteiger charge is -2.20. The number of aromatic nitrogens is 2. The fraction of sp³-hybridized carbons (Fsp3) is 0.500. The number of fused-ring (bicyclic) bond motifs is 1. The Hall–Kier alpha value is -3.10. The monoisotopic (exact) mass is 403 g/mol. The van der Waals surface area contributed by atoms with E-state index in [0.717, 1.165) is 10.9 Å². The number of alkyl carbamates (subject to hydrolysis) is 1.